The molecule has 3 amide bonds. The Hall–Kier alpha value is -2.86. The number of nitrogens with one attached hydrogen (secondary N) is 2. The predicted octanol–water partition coefficient (Wildman–Crippen LogP) is 4.66. The summed E-state index contributed by atoms with van der Waals surface area (Å²) in [6.07, 6.45) is 1.68. The maximum Gasteiger partial charge on any atom is 0.290 e. The van der Waals surface area contributed by atoms with Crippen molar-refractivity contribution in [2.45, 2.75) is 20.8 Å². The molecule has 0 unspecified atom stereocenters. The first-order valence-electron chi connectivity index (χ1n) is 8.50. The fourth-order valence-electron chi connectivity index (χ4n) is 2.48. The number of anilines is 1. The molecular formula is C21H20N2O3S. The van der Waals surface area contributed by atoms with E-state index in [1.54, 1.807) is 6.08 Å². The first-order chi connectivity index (χ1) is 12.7. The molecule has 1 heterocycles. The molecule has 6 heteroatoms. The number of hydrogen-bond acceptors (Lipinski definition) is 4. The summed E-state index contributed by atoms with van der Waals surface area (Å²) in [5.41, 5.74) is 2.95. The summed E-state index contributed by atoms with van der Waals surface area (Å²) in [5.74, 6) is -0.422. The van der Waals surface area contributed by atoms with Gasteiger partial charge in [0.05, 0.1) is 4.91 Å². The zero-order valence-electron chi connectivity index (χ0n) is 15.3. The highest BCUT2D eigenvalue weighted by atomic mass is 32.2. The second kappa shape index (κ2) is 7.40. The summed E-state index contributed by atoms with van der Waals surface area (Å²) in [7, 11) is 0. The molecule has 0 saturated carbocycles. The summed E-state index contributed by atoms with van der Waals surface area (Å²) in [4.78, 5) is 35.6. The van der Waals surface area contributed by atoms with Crippen LogP contribution in [-0.2, 0) is 9.59 Å². The summed E-state index contributed by atoms with van der Waals surface area (Å²) < 4.78 is 0. The standard InChI is InChI=1S/C21H20N2O3S/c1-21(2,3)19(25)22-16-7-5-4-6-15(16)14-10-8-13(9-11-14)12-17-18(24)23-20(26)27-17/h4-12H,1-3H3,(H,22,25)(H,23,24,26)/b17-12-. The Morgan fingerprint density at radius 1 is 1.04 bits per heavy atom. The monoisotopic (exact) mass is 380 g/mol. The highest BCUT2D eigenvalue weighted by Crippen LogP contribution is 2.31. The molecule has 3 rings (SSSR count). The second-order valence-corrected chi connectivity index (χ2v) is 8.24. The van der Waals surface area contributed by atoms with E-state index in [2.05, 4.69) is 10.6 Å². The largest absolute Gasteiger partial charge is 0.325 e. The van der Waals surface area contributed by atoms with Gasteiger partial charge in [0.15, 0.2) is 0 Å². The van der Waals surface area contributed by atoms with Crippen LogP contribution in [0.1, 0.15) is 26.3 Å². The molecule has 0 aliphatic carbocycles. The lowest BCUT2D eigenvalue weighted by atomic mass is 9.95. The zero-order chi connectivity index (χ0) is 19.6. The van der Waals surface area contributed by atoms with Crippen molar-refractivity contribution in [3.05, 3.63) is 59.0 Å². The van der Waals surface area contributed by atoms with Gasteiger partial charge in [0.2, 0.25) is 5.91 Å². The van der Waals surface area contributed by atoms with Crippen LogP contribution in [0.4, 0.5) is 10.5 Å². The molecule has 0 spiro atoms. The van der Waals surface area contributed by atoms with Crippen molar-refractivity contribution in [2.24, 2.45) is 5.41 Å². The van der Waals surface area contributed by atoms with E-state index in [9.17, 15) is 14.4 Å². The number of carbonyl (C=O) groups excluding carboxylic acids is 3. The molecule has 27 heavy (non-hydrogen) atoms. The van der Waals surface area contributed by atoms with Crippen molar-refractivity contribution in [1.29, 1.82) is 0 Å². The van der Waals surface area contributed by atoms with Crippen LogP contribution in [0.15, 0.2) is 53.4 Å². The number of amides is 3. The van der Waals surface area contributed by atoms with Crippen LogP contribution < -0.4 is 10.6 Å². The van der Waals surface area contributed by atoms with Crippen molar-refractivity contribution in [3.63, 3.8) is 0 Å². The molecular weight excluding hydrogens is 360 g/mol. The predicted molar refractivity (Wildman–Crippen MR) is 109 cm³/mol. The van der Waals surface area contributed by atoms with E-state index in [1.165, 1.54) is 0 Å². The number of hydrogen-bond donors (Lipinski definition) is 2. The quantitative estimate of drug-likeness (QED) is 0.759. The molecule has 138 valence electrons. The van der Waals surface area contributed by atoms with Crippen molar-refractivity contribution >= 4 is 40.6 Å². The Morgan fingerprint density at radius 3 is 2.30 bits per heavy atom. The average molecular weight is 380 g/mol. The molecule has 0 aromatic heterocycles. The van der Waals surface area contributed by atoms with E-state index in [1.807, 2.05) is 69.3 Å². The number of thioether (sulfide) groups is 1. The lowest BCUT2D eigenvalue weighted by molar-refractivity contribution is -0.123. The first-order valence-corrected chi connectivity index (χ1v) is 9.31. The molecule has 2 N–H and O–H groups in total. The Morgan fingerprint density at radius 2 is 1.70 bits per heavy atom. The van der Waals surface area contributed by atoms with E-state index in [0.717, 1.165) is 34.1 Å². The van der Waals surface area contributed by atoms with Gasteiger partial charge in [-0.3, -0.25) is 19.7 Å². The van der Waals surface area contributed by atoms with Crippen LogP contribution in [0.5, 0.6) is 0 Å². The third kappa shape index (κ3) is 4.46. The van der Waals surface area contributed by atoms with Crippen LogP contribution >= 0.6 is 11.8 Å². The molecule has 1 fully saturated rings. The number of rotatable bonds is 3. The van der Waals surface area contributed by atoms with Gasteiger partial charge in [-0.1, -0.05) is 63.2 Å². The molecule has 0 atom stereocenters. The summed E-state index contributed by atoms with van der Waals surface area (Å²) in [6.45, 7) is 5.61. The minimum atomic E-state index is -0.486. The van der Waals surface area contributed by atoms with Gasteiger partial charge in [0.25, 0.3) is 11.1 Å². The summed E-state index contributed by atoms with van der Waals surface area (Å²) >= 11 is 0.895. The topological polar surface area (TPSA) is 75.3 Å². The Labute approximate surface area is 162 Å². The molecule has 2 aromatic carbocycles. The van der Waals surface area contributed by atoms with Gasteiger partial charge in [-0.15, -0.1) is 0 Å². The number of carbonyl (C=O) groups is 3. The van der Waals surface area contributed by atoms with E-state index >= 15 is 0 Å². The van der Waals surface area contributed by atoms with Crippen molar-refractivity contribution < 1.29 is 14.4 Å². The molecule has 0 radical (unpaired) electrons. The normalized spacial score (nSPS) is 15.7. The van der Waals surface area contributed by atoms with Gasteiger partial charge in [-0.05, 0) is 35.0 Å². The minimum absolute atomic E-state index is 0.0507. The maximum absolute atomic E-state index is 12.3. The van der Waals surface area contributed by atoms with Gasteiger partial charge >= 0.3 is 0 Å². The zero-order valence-corrected chi connectivity index (χ0v) is 16.1. The SMILES string of the molecule is CC(C)(C)C(=O)Nc1ccccc1-c1ccc(/C=C2\SC(=O)NC2=O)cc1. The van der Waals surface area contributed by atoms with Gasteiger partial charge in [-0.2, -0.15) is 0 Å². The van der Waals surface area contributed by atoms with Crippen LogP contribution in [0.2, 0.25) is 0 Å². The number of benzene rings is 2. The number of imide groups is 1. The van der Waals surface area contributed by atoms with E-state index in [-0.39, 0.29) is 17.1 Å². The fraction of sp³-hybridized carbons (Fsp3) is 0.190. The third-order valence-corrected chi connectivity index (χ3v) is 4.83. The van der Waals surface area contributed by atoms with Crippen LogP contribution in [-0.4, -0.2) is 17.1 Å². The number of para-hydroxylation sites is 1. The smallest absolute Gasteiger partial charge is 0.290 e. The lowest BCUT2D eigenvalue weighted by Crippen LogP contribution is -2.27. The minimum Gasteiger partial charge on any atom is -0.325 e. The van der Waals surface area contributed by atoms with Crippen molar-refractivity contribution in [2.75, 3.05) is 5.32 Å². The second-order valence-electron chi connectivity index (χ2n) is 7.22. The van der Waals surface area contributed by atoms with Crippen LogP contribution in [0.25, 0.3) is 17.2 Å². The van der Waals surface area contributed by atoms with Crippen LogP contribution in [0, 0.1) is 5.41 Å². The highest BCUT2D eigenvalue weighted by Gasteiger charge is 2.25. The van der Waals surface area contributed by atoms with Crippen molar-refractivity contribution in [3.8, 4) is 11.1 Å². The lowest BCUT2D eigenvalue weighted by Gasteiger charge is -2.19. The van der Waals surface area contributed by atoms with E-state index < -0.39 is 5.41 Å². The molecule has 0 bridgehead atoms. The van der Waals surface area contributed by atoms with Crippen LogP contribution in [0.3, 0.4) is 0 Å². The van der Waals surface area contributed by atoms with E-state index in [0.29, 0.717) is 4.91 Å². The van der Waals surface area contributed by atoms with Gasteiger partial charge in [0.1, 0.15) is 0 Å². The fourth-order valence-corrected chi connectivity index (χ4v) is 3.17. The van der Waals surface area contributed by atoms with Gasteiger partial charge in [-0.25, -0.2) is 0 Å². The Kier molecular flexibility index (Phi) is 5.19. The molecule has 1 aliphatic heterocycles. The Bertz CT molecular complexity index is 941. The van der Waals surface area contributed by atoms with Crippen molar-refractivity contribution in [1.82, 2.24) is 5.32 Å². The Balaban J connectivity index is 1.86. The first kappa shape index (κ1) is 18.9. The molecule has 2 aromatic rings. The van der Waals surface area contributed by atoms with Gasteiger partial charge < -0.3 is 5.32 Å². The van der Waals surface area contributed by atoms with E-state index in [4.69, 9.17) is 0 Å². The highest BCUT2D eigenvalue weighted by molar-refractivity contribution is 8.18. The maximum atomic E-state index is 12.3. The molecule has 1 aliphatic rings. The molecule has 5 nitrogen and oxygen atoms in total. The summed E-state index contributed by atoms with van der Waals surface area (Å²) in [6, 6.07) is 15.2. The molecule has 1 saturated heterocycles. The third-order valence-electron chi connectivity index (χ3n) is 4.02. The summed E-state index contributed by atoms with van der Waals surface area (Å²) in [5, 5.41) is 4.87. The van der Waals surface area contributed by atoms with Gasteiger partial charge in [0, 0.05) is 16.7 Å². The average Bonchev–Trinajstić information content (AvgIpc) is 2.92.